The lowest BCUT2D eigenvalue weighted by Gasteiger charge is -2.32. The zero-order chi connectivity index (χ0) is 14.7. The number of thiophene rings is 1. The summed E-state index contributed by atoms with van der Waals surface area (Å²) in [7, 11) is 2.12. The van der Waals surface area contributed by atoms with Gasteiger partial charge in [-0.2, -0.15) is 0 Å². The SMILES string of the molecule is CC(N)C(c1ccccc1Br)N(C)Cc1csc(Br)c1. The van der Waals surface area contributed by atoms with Crippen LogP contribution in [0.25, 0.3) is 0 Å². The molecular formula is C15H18Br2N2S. The van der Waals surface area contributed by atoms with E-state index in [0.717, 1.165) is 11.0 Å². The van der Waals surface area contributed by atoms with E-state index in [0.29, 0.717) is 0 Å². The Kier molecular flexibility index (Phi) is 5.81. The van der Waals surface area contributed by atoms with Gasteiger partial charge in [0.2, 0.25) is 0 Å². The van der Waals surface area contributed by atoms with E-state index in [1.165, 1.54) is 14.9 Å². The van der Waals surface area contributed by atoms with Gasteiger partial charge in [0.25, 0.3) is 0 Å². The number of nitrogens with zero attached hydrogens (tertiary/aromatic N) is 1. The minimum atomic E-state index is 0.0563. The van der Waals surface area contributed by atoms with Crippen molar-refractivity contribution in [3.63, 3.8) is 0 Å². The molecule has 0 aliphatic carbocycles. The molecule has 2 aromatic rings. The first-order valence-corrected chi connectivity index (χ1v) is 8.88. The Balaban J connectivity index is 2.22. The predicted molar refractivity (Wildman–Crippen MR) is 94.0 cm³/mol. The second-order valence-electron chi connectivity index (χ2n) is 5.00. The molecule has 0 spiro atoms. The monoisotopic (exact) mass is 416 g/mol. The van der Waals surface area contributed by atoms with Gasteiger partial charge in [0.1, 0.15) is 0 Å². The van der Waals surface area contributed by atoms with Crippen LogP contribution in [0, 0.1) is 0 Å². The van der Waals surface area contributed by atoms with E-state index in [4.69, 9.17) is 5.73 Å². The molecule has 0 aliphatic heterocycles. The fourth-order valence-corrected chi connectivity index (χ4v) is 4.17. The summed E-state index contributed by atoms with van der Waals surface area (Å²) >= 11 is 8.86. The number of halogens is 2. The highest BCUT2D eigenvalue weighted by Crippen LogP contribution is 2.31. The lowest BCUT2D eigenvalue weighted by atomic mass is 9.99. The van der Waals surface area contributed by atoms with Gasteiger partial charge in [-0.05, 0) is 58.5 Å². The Hall–Kier alpha value is -0.200. The molecule has 0 bridgehead atoms. The van der Waals surface area contributed by atoms with Gasteiger partial charge in [0, 0.05) is 17.1 Å². The van der Waals surface area contributed by atoms with Crippen LogP contribution in [-0.4, -0.2) is 18.0 Å². The minimum Gasteiger partial charge on any atom is -0.326 e. The largest absolute Gasteiger partial charge is 0.326 e. The third kappa shape index (κ3) is 3.92. The van der Waals surface area contributed by atoms with Gasteiger partial charge >= 0.3 is 0 Å². The van der Waals surface area contributed by atoms with Crippen LogP contribution in [0.15, 0.2) is 44.0 Å². The zero-order valence-electron chi connectivity index (χ0n) is 11.5. The lowest BCUT2D eigenvalue weighted by molar-refractivity contribution is 0.210. The first-order valence-electron chi connectivity index (χ1n) is 6.42. The molecule has 2 nitrogen and oxygen atoms in total. The van der Waals surface area contributed by atoms with Gasteiger partial charge < -0.3 is 5.73 Å². The first-order chi connectivity index (χ1) is 9.49. The maximum Gasteiger partial charge on any atom is 0.0701 e. The summed E-state index contributed by atoms with van der Waals surface area (Å²) in [5.74, 6) is 0. The van der Waals surface area contributed by atoms with Crippen LogP contribution in [0.1, 0.15) is 24.1 Å². The van der Waals surface area contributed by atoms with Gasteiger partial charge in [-0.15, -0.1) is 11.3 Å². The standard InChI is InChI=1S/C15H18Br2N2S/c1-10(18)15(12-5-3-4-6-13(12)16)19(2)8-11-7-14(17)20-9-11/h3-7,9-10,15H,8,18H2,1-2H3. The van der Waals surface area contributed by atoms with Crippen molar-refractivity contribution >= 4 is 43.2 Å². The fourth-order valence-electron chi connectivity index (χ4n) is 2.45. The molecule has 2 rings (SSSR count). The van der Waals surface area contributed by atoms with E-state index in [2.05, 4.69) is 80.4 Å². The number of rotatable bonds is 5. The Bertz CT molecular complexity index is 569. The van der Waals surface area contributed by atoms with Crippen molar-refractivity contribution in [3.05, 3.63) is 55.1 Å². The molecule has 5 heteroatoms. The fraction of sp³-hybridized carbons (Fsp3) is 0.333. The van der Waals surface area contributed by atoms with Crippen molar-refractivity contribution in [2.75, 3.05) is 7.05 Å². The molecule has 2 unspecified atom stereocenters. The van der Waals surface area contributed by atoms with Crippen molar-refractivity contribution in [1.82, 2.24) is 4.90 Å². The van der Waals surface area contributed by atoms with Crippen molar-refractivity contribution < 1.29 is 0 Å². The summed E-state index contributed by atoms with van der Waals surface area (Å²) in [6.45, 7) is 2.94. The maximum absolute atomic E-state index is 6.23. The van der Waals surface area contributed by atoms with Crippen LogP contribution in [0.5, 0.6) is 0 Å². The smallest absolute Gasteiger partial charge is 0.0701 e. The highest BCUT2D eigenvalue weighted by Gasteiger charge is 2.23. The second kappa shape index (κ2) is 7.18. The number of benzene rings is 1. The molecule has 20 heavy (non-hydrogen) atoms. The van der Waals surface area contributed by atoms with E-state index >= 15 is 0 Å². The van der Waals surface area contributed by atoms with Crippen molar-refractivity contribution in [2.45, 2.75) is 25.6 Å². The minimum absolute atomic E-state index is 0.0563. The zero-order valence-corrected chi connectivity index (χ0v) is 15.5. The summed E-state index contributed by atoms with van der Waals surface area (Å²) < 4.78 is 2.28. The Morgan fingerprint density at radius 1 is 1.30 bits per heavy atom. The summed E-state index contributed by atoms with van der Waals surface area (Å²) in [6, 6.07) is 10.7. The Morgan fingerprint density at radius 2 is 2.00 bits per heavy atom. The molecule has 108 valence electrons. The molecular weight excluding hydrogens is 400 g/mol. The molecule has 2 N–H and O–H groups in total. The van der Waals surface area contributed by atoms with Crippen LogP contribution in [0.3, 0.4) is 0 Å². The van der Waals surface area contributed by atoms with Crippen molar-refractivity contribution in [2.24, 2.45) is 5.73 Å². The average molecular weight is 418 g/mol. The molecule has 0 fully saturated rings. The Morgan fingerprint density at radius 3 is 2.55 bits per heavy atom. The van der Waals surface area contributed by atoms with E-state index in [9.17, 15) is 0 Å². The van der Waals surface area contributed by atoms with Gasteiger partial charge in [0.05, 0.1) is 9.83 Å². The molecule has 0 saturated heterocycles. The van der Waals surface area contributed by atoms with E-state index in [1.807, 2.05) is 6.07 Å². The Labute approximate surface area is 141 Å². The van der Waals surface area contributed by atoms with E-state index in [1.54, 1.807) is 11.3 Å². The van der Waals surface area contributed by atoms with Crippen LogP contribution < -0.4 is 5.73 Å². The number of hydrogen-bond donors (Lipinski definition) is 1. The normalized spacial score (nSPS) is 14.5. The molecule has 0 aliphatic rings. The molecule has 1 heterocycles. The van der Waals surface area contributed by atoms with Gasteiger partial charge in [-0.1, -0.05) is 34.1 Å². The van der Waals surface area contributed by atoms with E-state index < -0.39 is 0 Å². The van der Waals surface area contributed by atoms with Gasteiger partial charge in [-0.25, -0.2) is 0 Å². The van der Waals surface area contributed by atoms with Gasteiger partial charge in [-0.3, -0.25) is 4.90 Å². The molecule has 1 aromatic heterocycles. The highest BCUT2D eigenvalue weighted by atomic mass is 79.9. The first kappa shape index (κ1) is 16.2. The summed E-state index contributed by atoms with van der Waals surface area (Å²) in [6.07, 6.45) is 0. The highest BCUT2D eigenvalue weighted by molar-refractivity contribution is 9.11. The van der Waals surface area contributed by atoms with Crippen LogP contribution >= 0.6 is 43.2 Å². The van der Waals surface area contributed by atoms with Crippen molar-refractivity contribution in [3.8, 4) is 0 Å². The summed E-state index contributed by atoms with van der Waals surface area (Å²) in [5, 5.41) is 2.18. The second-order valence-corrected chi connectivity index (χ2v) is 8.14. The van der Waals surface area contributed by atoms with Crippen LogP contribution in [0.2, 0.25) is 0 Å². The van der Waals surface area contributed by atoms with Crippen LogP contribution in [-0.2, 0) is 6.54 Å². The summed E-state index contributed by atoms with van der Waals surface area (Å²) in [5.41, 5.74) is 8.77. The molecule has 2 atom stereocenters. The number of hydrogen-bond acceptors (Lipinski definition) is 3. The van der Waals surface area contributed by atoms with E-state index in [-0.39, 0.29) is 12.1 Å². The average Bonchev–Trinajstić information content (AvgIpc) is 2.77. The molecule has 1 aromatic carbocycles. The molecule has 0 amide bonds. The maximum atomic E-state index is 6.23. The van der Waals surface area contributed by atoms with Gasteiger partial charge in [0.15, 0.2) is 0 Å². The third-order valence-electron chi connectivity index (χ3n) is 3.25. The lowest BCUT2D eigenvalue weighted by Crippen LogP contribution is -2.37. The van der Waals surface area contributed by atoms with Crippen LogP contribution in [0.4, 0.5) is 0 Å². The quantitative estimate of drug-likeness (QED) is 0.757. The molecule has 0 radical (unpaired) electrons. The third-order valence-corrected chi connectivity index (χ3v) is 5.53. The van der Waals surface area contributed by atoms with Crippen molar-refractivity contribution in [1.29, 1.82) is 0 Å². The topological polar surface area (TPSA) is 29.3 Å². The predicted octanol–water partition coefficient (Wildman–Crippen LogP) is 4.79. The number of likely N-dealkylation sites (N-methyl/N-ethyl adjacent to an activating group) is 1. The summed E-state index contributed by atoms with van der Waals surface area (Å²) in [4.78, 5) is 2.30. The number of nitrogens with two attached hydrogens (primary N) is 1. The molecule has 0 saturated carbocycles.